The highest BCUT2D eigenvalue weighted by atomic mass is 35.5. The first-order valence-electron chi connectivity index (χ1n) is 7.14. The molecule has 7 nitrogen and oxygen atoms in total. The van der Waals surface area contributed by atoms with Crippen molar-refractivity contribution in [2.75, 3.05) is 33.3 Å². The molecule has 0 radical (unpaired) electrons. The van der Waals surface area contributed by atoms with Crippen LogP contribution in [0.3, 0.4) is 0 Å². The van der Waals surface area contributed by atoms with E-state index in [1.165, 1.54) is 23.3 Å². The van der Waals surface area contributed by atoms with E-state index < -0.39 is 17.8 Å². The predicted molar refractivity (Wildman–Crippen MR) is 86.4 cm³/mol. The van der Waals surface area contributed by atoms with Crippen LogP contribution in [-0.2, 0) is 14.3 Å². The van der Waals surface area contributed by atoms with Crippen LogP contribution in [0.5, 0.6) is 0 Å². The molecule has 0 saturated carbocycles. The number of likely N-dealkylation sites (N-methyl/N-ethyl adjacent to an activating group) is 1. The van der Waals surface area contributed by atoms with Gasteiger partial charge in [-0.15, -0.1) is 11.3 Å². The Morgan fingerprint density at radius 1 is 1.39 bits per heavy atom. The number of rotatable bonds is 5. The van der Waals surface area contributed by atoms with E-state index >= 15 is 0 Å². The molecule has 0 spiro atoms. The monoisotopic (exact) mass is 359 g/mol. The first-order valence-corrected chi connectivity index (χ1v) is 8.34. The van der Waals surface area contributed by atoms with Crippen molar-refractivity contribution in [1.82, 2.24) is 15.1 Å². The van der Waals surface area contributed by atoms with Crippen LogP contribution in [0.25, 0.3) is 0 Å². The molecule has 4 amide bonds. The average Bonchev–Trinajstić information content (AvgIpc) is 2.96. The fraction of sp³-hybridized carbons (Fsp3) is 0.500. The number of nitrogens with zero attached hydrogens (tertiary/aromatic N) is 2. The number of ether oxygens (including phenoxy) is 1. The molecule has 0 aromatic carbocycles. The van der Waals surface area contributed by atoms with Crippen LogP contribution in [0, 0.1) is 0 Å². The number of carbonyl (C=O) groups is 3. The van der Waals surface area contributed by atoms with E-state index in [0.29, 0.717) is 17.4 Å². The highest BCUT2D eigenvalue weighted by Crippen LogP contribution is 2.28. The largest absolute Gasteiger partial charge is 0.374 e. The molecular weight excluding hydrogens is 342 g/mol. The van der Waals surface area contributed by atoms with Gasteiger partial charge in [-0.1, -0.05) is 11.6 Å². The number of halogens is 1. The summed E-state index contributed by atoms with van der Waals surface area (Å²) in [4.78, 5) is 39.1. The van der Waals surface area contributed by atoms with Crippen LogP contribution in [0.15, 0.2) is 12.1 Å². The second-order valence-corrected chi connectivity index (χ2v) is 6.64. The molecule has 126 valence electrons. The molecule has 1 aromatic rings. The van der Waals surface area contributed by atoms with Crippen molar-refractivity contribution in [3.05, 3.63) is 21.3 Å². The predicted octanol–water partition coefficient (Wildman–Crippen LogP) is 1.49. The van der Waals surface area contributed by atoms with Crippen molar-refractivity contribution < 1.29 is 19.1 Å². The maximum Gasteiger partial charge on any atom is 0.324 e. The van der Waals surface area contributed by atoms with Crippen LogP contribution in [-0.4, -0.2) is 60.9 Å². The van der Waals surface area contributed by atoms with E-state index in [1.807, 2.05) is 6.07 Å². The van der Waals surface area contributed by atoms with Crippen LogP contribution in [0.1, 0.15) is 17.9 Å². The topological polar surface area (TPSA) is 79.0 Å². The number of methoxy groups -OCH3 is 1. The van der Waals surface area contributed by atoms with E-state index in [4.69, 9.17) is 16.3 Å². The zero-order valence-electron chi connectivity index (χ0n) is 12.9. The molecule has 1 aliphatic rings. The Morgan fingerprint density at radius 3 is 2.70 bits per heavy atom. The lowest BCUT2D eigenvalue weighted by Gasteiger charge is -2.32. The second kappa shape index (κ2) is 7.76. The maximum absolute atomic E-state index is 12.2. The zero-order valence-corrected chi connectivity index (χ0v) is 14.4. The molecule has 2 rings (SSSR count). The third kappa shape index (κ3) is 4.01. The fourth-order valence-corrected chi connectivity index (χ4v) is 3.39. The van der Waals surface area contributed by atoms with E-state index in [-0.39, 0.29) is 19.2 Å². The number of thiophene rings is 1. The van der Waals surface area contributed by atoms with Gasteiger partial charge in [0.25, 0.3) is 0 Å². The quantitative estimate of drug-likeness (QED) is 0.808. The molecule has 1 aliphatic heterocycles. The number of urea groups is 1. The molecule has 0 bridgehead atoms. The number of nitrogens with one attached hydrogen (secondary N) is 1. The van der Waals surface area contributed by atoms with Gasteiger partial charge in [-0.2, -0.15) is 0 Å². The third-order valence-corrected chi connectivity index (χ3v) is 4.89. The summed E-state index contributed by atoms with van der Waals surface area (Å²) in [6, 6.07) is 2.98. The van der Waals surface area contributed by atoms with Crippen molar-refractivity contribution in [2.45, 2.75) is 13.0 Å². The summed E-state index contributed by atoms with van der Waals surface area (Å²) in [5.74, 6) is -1.45. The van der Waals surface area contributed by atoms with E-state index in [1.54, 1.807) is 13.0 Å². The van der Waals surface area contributed by atoms with Gasteiger partial charge in [-0.3, -0.25) is 14.5 Å². The van der Waals surface area contributed by atoms with E-state index in [0.717, 1.165) is 9.78 Å². The summed E-state index contributed by atoms with van der Waals surface area (Å²) in [5, 5.41) is 2.63. The maximum atomic E-state index is 12.2. The fourth-order valence-electron chi connectivity index (χ4n) is 2.25. The van der Waals surface area contributed by atoms with Crippen LogP contribution in [0.4, 0.5) is 4.79 Å². The van der Waals surface area contributed by atoms with Crippen molar-refractivity contribution in [2.24, 2.45) is 0 Å². The molecule has 0 aliphatic carbocycles. The van der Waals surface area contributed by atoms with Gasteiger partial charge >= 0.3 is 17.8 Å². The standard InChI is InChI=1S/C14H18ClN3O4S/c1-3-17-6-7-18(13(20)12(17)19)14(21)16-8-9(22-2)10-4-5-11(15)23-10/h4-5,9H,3,6-8H2,1-2H3,(H,16,21). The molecule has 1 unspecified atom stereocenters. The highest BCUT2D eigenvalue weighted by molar-refractivity contribution is 7.16. The van der Waals surface area contributed by atoms with Gasteiger partial charge in [0.15, 0.2) is 0 Å². The first-order chi connectivity index (χ1) is 11.0. The Labute approximate surface area is 143 Å². The Balaban J connectivity index is 1.94. The summed E-state index contributed by atoms with van der Waals surface area (Å²) in [5.41, 5.74) is 0. The Morgan fingerprint density at radius 2 is 2.13 bits per heavy atom. The minimum atomic E-state index is -0.802. The summed E-state index contributed by atoms with van der Waals surface area (Å²) >= 11 is 7.25. The van der Waals surface area contributed by atoms with Crippen LogP contribution < -0.4 is 5.32 Å². The molecule has 9 heteroatoms. The lowest BCUT2D eigenvalue weighted by molar-refractivity contribution is -0.153. The number of carbonyl (C=O) groups excluding carboxylic acids is 3. The number of amides is 4. The number of imide groups is 1. The van der Waals surface area contributed by atoms with Crippen LogP contribution in [0.2, 0.25) is 4.34 Å². The summed E-state index contributed by atoms with van der Waals surface area (Å²) in [6.07, 6.45) is -0.362. The minimum Gasteiger partial charge on any atom is -0.374 e. The van der Waals surface area contributed by atoms with E-state index in [2.05, 4.69) is 5.32 Å². The van der Waals surface area contributed by atoms with Crippen LogP contribution >= 0.6 is 22.9 Å². The second-order valence-electron chi connectivity index (χ2n) is 4.89. The molecule has 1 fully saturated rings. The summed E-state index contributed by atoms with van der Waals surface area (Å²) < 4.78 is 5.96. The summed E-state index contributed by atoms with van der Waals surface area (Å²) in [7, 11) is 1.53. The molecule has 1 N–H and O–H groups in total. The van der Waals surface area contributed by atoms with Crippen molar-refractivity contribution in [1.29, 1.82) is 0 Å². The third-order valence-electron chi connectivity index (χ3n) is 3.57. The minimum absolute atomic E-state index is 0.182. The molecule has 1 saturated heterocycles. The molecule has 2 heterocycles. The zero-order chi connectivity index (χ0) is 17.0. The normalized spacial score (nSPS) is 16.7. The van der Waals surface area contributed by atoms with E-state index in [9.17, 15) is 14.4 Å². The first kappa shape index (κ1) is 17.7. The Hall–Kier alpha value is -1.64. The SMILES string of the molecule is CCN1CCN(C(=O)NCC(OC)c2ccc(Cl)s2)C(=O)C1=O. The number of hydrogen-bond donors (Lipinski definition) is 1. The lowest BCUT2D eigenvalue weighted by Crippen LogP contribution is -2.58. The van der Waals surface area contributed by atoms with Crippen molar-refractivity contribution in [3.63, 3.8) is 0 Å². The van der Waals surface area contributed by atoms with Crippen molar-refractivity contribution in [3.8, 4) is 0 Å². The van der Waals surface area contributed by atoms with Gasteiger partial charge in [-0.05, 0) is 19.1 Å². The Bertz CT molecular complexity index is 607. The highest BCUT2D eigenvalue weighted by Gasteiger charge is 2.35. The van der Waals surface area contributed by atoms with Gasteiger partial charge < -0.3 is 15.0 Å². The van der Waals surface area contributed by atoms with Gasteiger partial charge in [0.2, 0.25) is 0 Å². The smallest absolute Gasteiger partial charge is 0.324 e. The molecule has 1 aromatic heterocycles. The average molecular weight is 360 g/mol. The molecule has 1 atom stereocenters. The van der Waals surface area contributed by atoms with Gasteiger partial charge in [0.1, 0.15) is 6.10 Å². The Kier molecular flexibility index (Phi) is 5.97. The summed E-state index contributed by atoms with van der Waals surface area (Å²) in [6.45, 7) is 2.96. The molecule has 23 heavy (non-hydrogen) atoms. The van der Waals surface area contributed by atoms with Gasteiger partial charge in [0.05, 0.1) is 10.9 Å². The molecular formula is C14H18ClN3O4S. The van der Waals surface area contributed by atoms with Gasteiger partial charge in [0, 0.05) is 31.6 Å². The lowest BCUT2D eigenvalue weighted by atomic mass is 10.3. The van der Waals surface area contributed by atoms with Crippen molar-refractivity contribution >= 4 is 40.8 Å². The number of hydrogen-bond acceptors (Lipinski definition) is 5. The van der Waals surface area contributed by atoms with Gasteiger partial charge in [-0.25, -0.2) is 4.79 Å². The number of piperazine rings is 1.